The standard InChI is InChI=1S/C26H32N4O2/c1-19-8-7-15-30-24(20(2)28-25(19)30)26(32)27-14-6-11-23(31)29-16-12-22(13-17-29)18-21-9-4-3-5-10-21/h3-5,7-10,15,22H,6,11-14,16-18H2,1-2H3,(H,27,32). The molecule has 0 unspecified atom stereocenters. The van der Waals surface area contributed by atoms with Gasteiger partial charge in [0.25, 0.3) is 5.91 Å². The number of imidazole rings is 1. The van der Waals surface area contributed by atoms with Crippen molar-refractivity contribution in [3.63, 3.8) is 0 Å². The number of aryl methyl sites for hydroxylation is 2. The number of hydrogen-bond donors (Lipinski definition) is 1. The first kappa shape index (κ1) is 22.1. The molecule has 1 aliphatic rings. The van der Waals surface area contributed by atoms with Crippen molar-refractivity contribution in [2.24, 2.45) is 5.92 Å². The fourth-order valence-corrected chi connectivity index (χ4v) is 4.61. The van der Waals surface area contributed by atoms with E-state index in [1.807, 2.05) is 47.5 Å². The molecule has 1 aliphatic heterocycles. The molecule has 2 amide bonds. The lowest BCUT2D eigenvalue weighted by molar-refractivity contribution is -0.132. The molecule has 32 heavy (non-hydrogen) atoms. The molecular formula is C26H32N4O2. The zero-order valence-corrected chi connectivity index (χ0v) is 19.0. The van der Waals surface area contributed by atoms with Crippen LogP contribution in [-0.2, 0) is 11.2 Å². The van der Waals surface area contributed by atoms with Crippen molar-refractivity contribution in [1.82, 2.24) is 19.6 Å². The summed E-state index contributed by atoms with van der Waals surface area (Å²) in [5, 5.41) is 2.96. The molecule has 1 N–H and O–H groups in total. The zero-order chi connectivity index (χ0) is 22.5. The SMILES string of the molecule is Cc1nc2c(C)cccn2c1C(=O)NCCCC(=O)N1CCC(Cc2ccccc2)CC1. The molecule has 0 spiro atoms. The highest BCUT2D eigenvalue weighted by atomic mass is 16.2. The first-order valence-corrected chi connectivity index (χ1v) is 11.6. The molecule has 1 saturated heterocycles. The van der Waals surface area contributed by atoms with Crippen LogP contribution in [0.15, 0.2) is 48.7 Å². The van der Waals surface area contributed by atoms with E-state index in [-0.39, 0.29) is 11.8 Å². The number of fused-ring (bicyclic) bond motifs is 1. The van der Waals surface area contributed by atoms with Gasteiger partial charge in [-0.05, 0) is 62.6 Å². The van der Waals surface area contributed by atoms with Crippen molar-refractivity contribution >= 4 is 17.5 Å². The van der Waals surface area contributed by atoms with Crippen molar-refractivity contribution in [2.45, 2.75) is 46.0 Å². The average Bonchev–Trinajstić information content (AvgIpc) is 3.15. The Hall–Kier alpha value is -3.15. The number of hydrogen-bond acceptors (Lipinski definition) is 3. The molecule has 1 fully saturated rings. The number of benzene rings is 1. The van der Waals surface area contributed by atoms with Crippen LogP contribution >= 0.6 is 0 Å². The average molecular weight is 433 g/mol. The Morgan fingerprint density at radius 3 is 2.56 bits per heavy atom. The van der Waals surface area contributed by atoms with Gasteiger partial charge in [-0.15, -0.1) is 0 Å². The number of carbonyl (C=O) groups excluding carboxylic acids is 2. The highest BCUT2D eigenvalue weighted by Crippen LogP contribution is 2.22. The van der Waals surface area contributed by atoms with Gasteiger partial charge in [0.2, 0.25) is 5.91 Å². The third-order valence-corrected chi connectivity index (χ3v) is 6.42. The number of piperidine rings is 1. The van der Waals surface area contributed by atoms with Gasteiger partial charge in [-0.1, -0.05) is 36.4 Å². The van der Waals surface area contributed by atoms with Crippen molar-refractivity contribution in [3.8, 4) is 0 Å². The van der Waals surface area contributed by atoms with Crippen LogP contribution in [0.1, 0.15) is 53.0 Å². The van der Waals surface area contributed by atoms with Crippen LogP contribution in [0.5, 0.6) is 0 Å². The van der Waals surface area contributed by atoms with Crippen molar-refractivity contribution in [2.75, 3.05) is 19.6 Å². The van der Waals surface area contributed by atoms with Crippen molar-refractivity contribution < 1.29 is 9.59 Å². The minimum absolute atomic E-state index is 0.144. The topological polar surface area (TPSA) is 66.7 Å². The lowest BCUT2D eigenvalue weighted by atomic mass is 9.90. The largest absolute Gasteiger partial charge is 0.351 e. The van der Waals surface area contributed by atoms with E-state index in [4.69, 9.17) is 0 Å². The second kappa shape index (κ2) is 9.98. The number of carbonyl (C=O) groups is 2. The number of likely N-dealkylation sites (tertiary alicyclic amines) is 1. The summed E-state index contributed by atoms with van der Waals surface area (Å²) in [6.45, 7) is 5.99. The smallest absolute Gasteiger partial charge is 0.270 e. The normalized spacial score (nSPS) is 14.6. The maximum absolute atomic E-state index is 12.7. The second-order valence-corrected chi connectivity index (χ2v) is 8.80. The molecule has 2 aromatic heterocycles. The van der Waals surface area contributed by atoms with E-state index in [0.717, 1.165) is 43.6 Å². The predicted molar refractivity (Wildman–Crippen MR) is 126 cm³/mol. The molecule has 168 valence electrons. The quantitative estimate of drug-likeness (QED) is 0.575. The van der Waals surface area contributed by atoms with E-state index in [9.17, 15) is 9.59 Å². The molecule has 3 heterocycles. The molecule has 3 aromatic rings. The predicted octanol–water partition coefficient (Wildman–Crippen LogP) is 3.94. The van der Waals surface area contributed by atoms with Gasteiger partial charge in [-0.3, -0.25) is 14.0 Å². The molecule has 0 aliphatic carbocycles. The summed E-state index contributed by atoms with van der Waals surface area (Å²) in [7, 11) is 0. The Kier molecular flexibility index (Phi) is 6.88. The van der Waals surface area contributed by atoms with Crippen molar-refractivity contribution in [3.05, 3.63) is 71.2 Å². The lowest BCUT2D eigenvalue weighted by Gasteiger charge is -2.32. The Morgan fingerprint density at radius 2 is 1.81 bits per heavy atom. The first-order valence-electron chi connectivity index (χ1n) is 11.6. The summed E-state index contributed by atoms with van der Waals surface area (Å²) in [5.74, 6) is 0.701. The van der Waals surface area contributed by atoms with Gasteiger partial charge < -0.3 is 10.2 Å². The Morgan fingerprint density at radius 1 is 1.06 bits per heavy atom. The van der Waals surface area contributed by atoms with Crippen molar-refractivity contribution in [1.29, 1.82) is 0 Å². The molecule has 6 nitrogen and oxygen atoms in total. The summed E-state index contributed by atoms with van der Waals surface area (Å²) in [5.41, 5.74) is 4.50. The minimum Gasteiger partial charge on any atom is -0.351 e. The van der Waals surface area contributed by atoms with Gasteiger partial charge >= 0.3 is 0 Å². The summed E-state index contributed by atoms with van der Waals surface area (Å²) < 4.78 is 1.84. The Balaban J connectivity index is 1.20. The second-order valence-electron chi connectivity index (χ2n) is 8.80. The molecule has 1 aromatic carbocycles. The molecular weight excluding hydrogens is 400 g/mol. The summed E-state index contributed by atoms with van der Waals surface area (Å²) in [4.78, 5) is 31.8. The van der Waals surface area contributed by atoms with Crippen LogP contribution in [-0.4, -0.2) is 45.7 Å². The fraction of sp³-hybridized carbons (Fsp3) is 0.423. The highest BCUT2D eigenvalue weighted by Gasteiger charge is 2.23. The molecule has 6 heteroatoms. The van der Waals surface area contributed by atoms with Crippen LogP contribution in [0.3, 0.4) is 0 Å². The number of pyridine rings is 1. The van der Waals surface area contributed by atoms with E-state index >= 15 is 0 Å². The van der Waals surface area contributed by atoms with E-state index in [1.165, 1.54) is 5.56 Å². The summed E-state index contributed by atoms with van der Waals surface area (Å²) in [6.07, 6.45) is 6.19. The van der Waals surface area contributed by atoms with Gasteiger partial charge in [0.15, 0.2) is 0 Å². The molecule has 0 bridgehead atoms. The Labute approximate surface area is 189 Å². The van der Waals surface area contributed by atoms with Crippen LogP contribution in [0.25, 0.3) is 5.65 Å². The Bertz CT molecular complexity index is 1080. The van der Waals surface area contributed by atoms with Gasteiger partial charge in [0.05, 0.1) is 5.69 Å². The third kappa shape index (κ3) is 5.01. The fourth-order valence-electron chi connectivity index (χ4n) is 4.61. The van der Waals surface area contributed by atoms with Crippen LogP contribution in [0.4, 0.5) is 0 Å². The van der Waals surface area contributed by atoms with E-state index in [2.05, 4.69) is 34.6 Å². The first-order chi connectivity index (χ1) is 15.5. The van der Waals surface area contributed by atoms with E-state index in [1.54, 1.807) is 0 Å². The summed E-state index contributed by atoms with van der Waals surface area (Å²) in [6, 6.07) is 14.5. The monoisotopic (exact) mass is 432 g/mol. The molecule has 4 rings (SSSR count). The molecule has 0 radical (unpaired) electrons. The van der Waals surface area contributed by atoms with Crippen LogP contribution < -0.4 is 5.32 Å². The van der Waals surface area contributed by atoms with Gasteiger partial charge in [0.1, 0.15) is 11.3 Å². The van der Waals surface area contributed by atoms with Gasteiger partial charge in [-0.2, -0.15) is 0 Å². The number of aromatic nitrogens is 2. The maximum Gasteiger partial charge on any atom is 0.270 e. The van der Waals surface area contributed by atoms with E-state index in [0.29, 0.717) is 36.7 Å². The van der Waals surface area contributed by atoms with E-state index < -0.39 is 0 Å². The highest BCUT2D eigenvalue weighted by molar-refractivity contribution is 5.94. The van der Waals surface area contributed by atoms with Crippen LogP contribution in [0.2, 0.25) is 0 Å². The minimum atomic E-state index is -0.144. The third-order valence-electron chi connectivity index (χ3n) is 6.42. The van der Waals surface area contributed by atoms with Gasteiger partial charge in [0, 0.05) is 32.3 Å². The molecule has 0 atom stereocenters. The summed E-state index contributed by atoms with van der Waals surface area (Å²) >= 11 is 0. The van der Waals surface area contributed by atoms with Crippen LogP contribution in [0, 0.1) is 19.8 Å². The number of nitrogens with one attached hydrogen (secondary N) is 1. The number of nitrogens with zero attached hydrogens (tertiary/aromatic N) is 3. The zero-order valence-electron chi connectivity index (χ0n) is 19.0. The van der Waals surface area contributed by atoms with Gasteiger partial charge in [-0.25, -0.2) is 4.98 Å². The maximum atomic E-state index is 12.7. The molecule has 0 saturated carbocycles. The number of rotatable bonds is 7. The number of amides is 2. The lowest BCUT2D eigenvalue weighted by Crippen LogP contribution is -2.39.